The average Bonchev–Trinajstić information content (AvgIpc) is 2.34. The lowest BCUT2D eigenvalue weighted by molar-refractivity contribution is -0.183. The fraction of sp³-hybridized carbons (Fsp3) is 0.800. The van der Waals surface area contributed by atoms with Crippen molar-refractivity contribution in [2.24, 2.45) is 11.2 Å². The fourth-order valence-corrected chi connectivity index (χ4v) is 1.43. The molecule has 0 rings (SSSR count). The van der Waals surface area contributed by atoms with E-state index in [1.54, 1.807) is 0 Å². The van der Waals surface area contributed by atoms with Crippen molar-refractivity contribution in [3.63, 3.8) is 0 Å². The molecule has 0 saturated carbocycles. The van der Waals surface area contributed by atoms with Crippen LogP contribution >= 0.6 is 0 Å². The van der Waals surface area contributed by atoms with Gasteiger partial charge in [0.2, 0.25) is 0 Å². The van der Waals surface area contributed by atoms with Crippen LogP contribution in [0.2, 0.25) is 0 Å². The van der Waals surface area contributed by atoms with Gasteiger partial charge < -0.3 is 10.2 Å². The normalized spacial score (nSPS) is 9.88. The maximum Gasteiger partial charge on any atom is 0.375 e. The Kier molecular flexibility index (Phi) is 7.66. The summed E-state index contributed by atoms with van der Waals surface area (Å²) in [5.41, 5.74) is 0. The van der Waals surface area contributed by atoms with E-state index in [9.17, 15) is 14.5 Å². The van der Waals surface area contributed by atoms with E-state index in [0.717, 1.165) is 12.8 Å². The summed E-state index contributed by atoms with van der Waals surface area (Å²) in [5, 5.41) is 4.60. The Bertz CT molecular complexity index is 264. The van der Waals surface area contributed by atoms with Crippen LogP contribution in [0.3, 0.4) is 0 Å². The molecule has 0 radical (unpaired) electrons. The van der Waals surface area contributed by atoms with Crippen LogP contribution in [0, 0.1) is 10.8 Å². The molecule has 7 heteroatoms. The minimum Gasteiger partial charge on any atom is -0.337 e. The van der Waals surface area contributed by atoms with Crippen molar-refractivity contribution in [3.8, 4) is 0 Å². The molecular formula is C10H19N3O4. The molecule has 98 valence electrons. The van der Waals surface area contributed by atoms with Crippen LogP contribution in [0.4, 0.5) is 4.79 Å². The predicted octanol–water partition coefficient (Wildman–Crippen LogP) is 1.98. The molecule has 0 aliphatic carbocycles. The zero-order valence-corrected chi connectivity index (χ0v) is 10.4. The Morgan fingerprint density at radius 3 is 2.18 bits per heavy atom. The predicted molar refractivity (Wildman–Crippen MR) is 61.5 cm³/mol. The second-order valence-corrected chi connectivity index (χ2v) is 3.59. The van der Waals surface area contributed by atoms with Gasteiger partial charge in [0.1, 0.15) is 0 Å². The lowest BCUT2D eigenvalue weighted by atomic mass is 9.99. The van der Waals surface area contributed by atoms with Crippen LogP contribution < -0.4 is 5.32 Å². The van der Waals surface area contributed by atoms with Crippen LogP contribution in [0.25, 0.3) is 0 Å². The number of hydrogen-bond acceptors (Lipinski definition) is 5. The molecule has 0 aliphatic heterocycles. The molecule has 1 N–H and O–H groups in total. The number of hydrogen-bond donors (Lipinski definition) is 1. The van der Waals surface area contributed by atoms with Crippen LogP contribution in [0.1, 0.15) is 39.5 Å². The Balaban J connectivity index is 4.45. The van der Waals surface area contributed by atoms with Gasteiger partial charge in [0.05, 0.1) is 11.2 Å². The highest BCUT2D eigenvalue weighted by molar-refractivity contribution is 5.77. The third kappa shape index (κ3) is 5.28. The van der Waals surface area contributed by atoms with Crippen molar-refractivity contribution >= 4 is 12.0 Å². The van der Waals surface area contributed by atoms with Crippen LogP contribution in [-0.4, -0.2) is 24.2 Å². The largest absolute Gasteiger partial charge is 0.375 e. The van der Waals surface area contributed by atoms with E-state index in [2.05, 4.69) is 15.4 Å². The van der Waals surface area contributed by atoms with Crippen molar-refractivity contribution in [1.82, 2.24) is 10.5 Å². The Hall–Kier alpha value is -1.66. The van der Waals surface area contributed by atoms with Gasteiger partial charge in [-0.15, -0.1) is 4.91 Å². The molecule has 0 saturated heterocycles. The summed E-state index contributed by atoms with van der Waals surface area (Å²) in [6.07, 6.45) is 2.97. The van der Waals surface area contributed by atoms with Gasteiger partial charge >= 0.3 is 12.0 Å². The van der Waals surface area contributed by atoms with Crippen molar-refractivity contribution in [2.45, 2.75) is 39.5 Å². The van der Waals surface area contributed by atoms with Gasteiger partial charge in [-0.25, -0.2) is 9.59 Å². The van der Waals surface area contributed by atoms with Crippen LogP contribution in [0.5, 0.6) is 0 Å². The molecule has 0 aromatic heterocycles. The van der Waals surface area contributed by atoms with E-state index < -0.39 is 12.0 Å². The van der Waals surface area contributed by atoms with Gasteiger partial charge in [-0.05, 0) is 12.8 Å². The number of nitrogens with zero attached hydrogens (tertiary/aromatic N) is 2. The molecule has 0 unspecified atom stereocenters. The van der Waals surface area contributed by atoms with Gasteiger partial charge in [-0.1, -0.05) is 26.7 Å². The smallest absolute Gasteiger partial charge is 0.337 e. The summed E-state index contributed by atoms with van der Waals surface area (Å²) in [7, 11) is 1.31. The van der Waals surface area contributed by atoms with Gasteiger partial charge in [-0.3, -0.25) is 0 Å². The summed E-state index contributed by atoms with van der Waals surface area (Å²) in [4.78, 5) is 37.7. The summed E-state index contributed by atoms with van der Waals surface area (Å²) in [5.74, 6) is -0.907. The average molecular weight is 245 g/mol. The molecule has 0 heterocycles. The molecule has 0 fully saturated rings. The van der Waals surface area contributed by atoms with E-state index >= 15 is 0 Å². The number of hydroxylamine groups is 1. The zero-order chi connectivity index (χ0) is 13.3. The Morgan fingerprint density at radius 2 is 1.82 bits per heavy atom. The van der Waals surface area contributed by atoms with Gasteiger partial charge in [0.25, 0.3) is 0 Å². The monoisotopic (exact) mass is 245 g/mol. The first kappa shape index (κ1) is 15.3. The number of carbonyl (C=O) groups excluding carboxylic acids is 2. The first-order valence-corrected chi connectivity index (χ1v) is 5.67. The summed E-state index contributed by atoms with van der Waals surface area (Å²) < 4.78 is 0. The number of carbonyl (C=O) groups is 2. The number of nitrogens with one attached hydrogen (secondary N) is 1. The van der Waals surface area contributed by atoms with Crippen molar-refractivity contribution in [2.75, 3.05) is 7.05 Å². The standard InChI is InChI=1S/C10H19N3O4/c1-4-6-8(7-5-2)9(14)17-13(12-16)10(15)11-3/h8H,4-7H2,1-3H3,(H,11,15). The molecule has 2 amide bonds. The minimum absolute atomic E-state index is 0.126. The fourth-order valence-electron chi connectivity index (χ4n) is 1.43. The van der Waals surface area contributed by atoms with Crippen LogP contribution in [-0.2, 0) is 9.63 Å². The van der Waals surface area contributed by atoms with E-state index in [4.69, 9.17) is 0 Å². The maximum atomic E-state index is 11.7. The first-order valence-electron chi connectivity index (χ1n) is 5.67. The molecule has 0 aromatic carbocycles. The van der Waals surface area contributed by atoms with Crippen molar-refractivity contribution in [3.05, 3.63) is 4.91 Å². The lowest BCUT2D eigenvalue weighted by Gasteiger charge is -2.16. The number of rotatable bonds is 6. The molecular weight excluding hydrogens is 226 g/mol. The third-order valence-corrected chi connectivity index (χ3v) is 2.25. The Morgan fingerprint density at radius 1 is 1.29 bits per heavy atom. The molecule has 0 aromatic rings. The maximum absolute atomic E-state index is 11.7. The SMILES string of the molecule is CCCC(CCC)C(=O)ON(N=O)C(=O)NC. The molecule has 0 atom stereocenters. The molecule has 0 aliphatic rings. The van der Waals surface area contributed by atoms with Gasteiger partial charge in [-0.2, -0.15) is 0 Å². The highest BCUT2D eigenvalue weighted by atomic mass is 16.8. The zero-order valence-electron chi connectivity index (χ0n) is 10.4. The second kappa shape index (κ2) is 8.49. The van der Waals surface area contributed by atoms with Gasteiger partial charge in [0.15, 0.2) is 0 Å². The quantitative estimate of drug-likeness (QED) is 0.572. The van der Waals surface area contributed by atoms with Crippen molar-refractivity contribution < 1.29 is 14.4 Å². The highest BCUT2D eigenvalue weighted by Crippen LogP contribution is 2.16. The summed E-state index contributed by atoms with van der Waals surface area (Å²) in [6, 6.07) is -0.875. The molecule has 0 bridgehead atoms. The van der Waals surface area contributed by atoms with Crippen molar-refractivity contribution in [1.29, 1.82) is 0 Å². The molecule has 17 heavy (non-hydrogen) atoms. The van der Waals surface area contributed by atoms with Crippen LogP contribution in [0.15, 0.2) is 5.29 Å². The van der Waals surface area contributed by atoms with E-state index in [1.165, 1.54) is 7.05 Å². The summed E-state index contributed by atoms with van der Waals surface area (Å²) in [6.45, 7) is 3.90. The van der Waals surface area contributed by atoms with E-state index in [1.807, 2.05) is 13.8 Å². The topological polar surface area (TPSA) is 88.1 Å². The Labute approximate surface area is 100 Å². The highest BCUT2D eigenvalue weighted by Gasteiger charge is 2.24. The molecule has 7 nitrogen and oxygen atoms in total. The second-order valence-electron chi connectivity index (χ2n) is 3.59. The number of nitroso groups, excluding NO2 is 1. The summed E-state index contributed by atoms with van der Waals surface area (Å²) >= 11 is 0. The number of amides is 2. The van der Waals surface area contributed by atoms with E-state index in [-0.39, 0.29) is 11.1 Å². The first-order chi connectivity index (χ1) is 8.10. The third-order valence-electron chi connectivity index (χ3n) is 2.25. The lowest BCUT2D eigenvalue weighted by Crippen LogP contribution is -2.37. The molecule has 0 spiro atoms. The number of urea groups is 1. The minimum atomic E-state index is -0.875. The van der Waals surface area contributed by atoms with E-state index in [0.29, 0.717) is 12.8 Å². The van der Waals surface area contributed by atoms with Gasteiger partial charge in [0, 0.05) is 12.2 Å².